The lowest BCUT2D eigenvalue weighted by molar-refractivity contribution is 0.200. The van der Waals surface area contributed by atoms with Gasteiger partial charge < -0.3 is 4.90 Å². The number of aryl methyl sites for hydroxylation is 2. The summed E-state index contributed by atoms with van der Waals surface area (Å²) in [5, 5.41) is 4.36. The van der Waals surface area contributed by atoms with E-state index in [1.54, 1.807) is 0 Å². The van der Waals surface area contributed by atoms with Gasteiger partial charge in [-0.25, -0.2) is 0 Å². The number of nitrogens with zero attached hydrogens (tertiary/aromatic N) is 4. The number of hydrogen-bond acceptors (Lipinski definition) is 3. The SMILES string of the molecule is Cc1ccccc1N1CCC(N(C)Cc2cnn(C)c2C)CC1. The van der Waals surface area contributed by atoms with E-state index in [4.69, 9.17) is 0 Å². The van der Waals surface area contributed by atoms with Crippen molar-refractivity contribution in [2.45, 2.75) is 39.3 Å². The van der Waals surface area contributed by atoms with E-state index in [0.29, 0.717) is 6.04 Å². The first-order valence-electron chi connectivity index (χ1n) is 8.54. The Hall–Kier alpha value is -1.81. The van der Waals surface area contributed by atoms with Gasteiger partial charge in [-0.3, -0.25) is 9.58 Å². The zero-order chi connectivity index (χ0) is 16.4. The van der Waals surface area contributed by atoms with Gasteiger partial charge in [-0.15, -0.1) is 0 Å². The molecule has 1 aromatic carbocycles. The van der Waals surface area contributed by atoms with Crippen LogP contribution in [0.15, 0.2) is 30.5 Å². The molecule has 124 valence electrons. The molecule has 1 aliphatic rings. The maximum atomic E-state index is 4.36. The minimum atomic E-state index is 0.662. The number of rotatable bonds is 4. The first-order chi connectivity index (χ1) is 11.1. The fraction of sp³-hybridized carbons (Fsp3) is 0.526. The summed E-state index contributed by atoms with van der Waals surface area (Å²) < 4.78 is 1.96. The average molecular weight is 312 g/mol. The minimum absolute atomic E-state index is 0.662. The second-order valence-corrected chi connectivity index (χ2v) is 6.80. The number of piperidine rings is 1. The third kappa shape index (κ3) is 3.42. The van der Waals surface area contributed by atoms with E-state index in [1.807, 2.05) is 17.9 Å². The highest BCUT2D eigenvalue weighted by Crippen LogP contribution is 2.25. The molecular weight excluding hydrogens is 284 g/mol. The number of aromatic nitrogens is 2. The molecule has 0 spiro atoms. The van der Waals surface area contributed by atoms with Crippen molar-refractivity contribution in [2.24, 2.45) is 7.05 Å². The number of hydrogen-bond donors (Lipinski definition) is 0. The summed E-state index contributed by atoms with van der Waals surface area (Å²) in [7, 11) is 4.26. The van der Waals surface area contributed by atoms with E-state index >= 15 is 0 Å². The van der Waals surface area contributed by atoms with Gasteiger partial charge in [0.1, 0.15) is 0 Å². The van der Waals surface area contributed by atoms with Gasteiger partial charge in [0, 0.05) is 49.7 Å². The van der Waals surface area contributed by atoms with Crippen LogP contribution in [0.25, 0.3) is 0 Å². The van der Waals surface area contributed by atoms with Crippen molar-refractivity contribution in [3.05, 3.63) is 47.3 Å². The van der Waals surface area contributed by atoms with E-state index in [1.165, 1.54) is 35.3 Å². The summed E-state index contributed by atoms with van der Waals surface area (Å²) in [5.74, 6) is 0. The van der Waals surface area contributed by atoms with Gasteiger partial charge in [0.05, 0.1) is 6.20 Å². The van der Waals surface area contributed by atoms with Gasteiger partial charge >= 0.3 is 0 Å². The Bertz CT molecular complexity index is 653. The Morgan fingerprint density at radius 2 is 1.87 bits per heavy atom. The van der Waals surface area contributed by atoms with E-state index in [0.717, 1.165) is 19.6 Å². The van der Waals surface area contributed by atoms with Crippen molar-refractivity contribution in [1.82, 2.24) is 14.7 Å². The van der Waals surface area contributed by atoms with Crippen LogP contribution in [-0.2, 0) is 13.6 Å². The molecule has 2 heterocycles. The first-order valence-corrected chi connectivity index (χ1v) is 8.54. The lowest BCUT2D eigenvalue weighted by atomic mass is 10.0. The molecule has 1 fully saturated rings. The molecule has 0 unspecified atom stereocenters. The topological polar surface area (TPSA) is 24.3 Å². The summed E-state index contributed by atoms with van der Waals surface area (Å²) in [5.41, 5.74) is 5.40. The van der Waals surface area contributed by atoms with Gasteiger partial charge in [0.2, 0.25) is 0 Å². The predicted molar refractivity (Wildman–Crippen MR) is 95.8 cm³/mol. The molecule has 2 aromatic rings. The smallest absolute Gasteiger partial charge is 0.0537 e. The van der Waals surface area contributed by atoms with Crippen molar-refractivity contribution in [2.75, 3.05) is 25.0 Å². The van der Waals surface area contributed by atoms with E-state index in [2.05, 4.69) is 60.1 Å². The largest absolute Gasteiger partial charge is 0.371 e. The van der Waals surface area contributed by atoms with Crippen LogP contribution in [0.3, 0.4) is 0 Å². The first kappa shape index (κ1) is 16.1. The Kier molecular flexibility index (Phi) is 4.71. The lowest BCUT2D eigenvalue weighted by Gasteiger charge is -2.38. The summed E-state index contributed by atoms with van der Waals surface area (Å²) in [6.45, 7) is 7.64. The molecule has 1 saturated heterocycles. The Morgan fingerprint density at radius 1 is 1.17 bits per heavy atom. The third-order valence-corrected chi connectivity index (χ3v) is 5.30. The zero-order valence-corrected chi connectivity index (χ0v) is 14.8. The van der Waals surface area contributed by atoms with Gasteiger partial charge in [-0.2, -0.15) is 5.10 Å². The summed E-state index contributed by atoms with van der Waals surface area (Å²) >= 11 is 0. The van der Waals surface area contributed by atoms with Gasteiger partial charge in [-0.1, -0.05) is 18.2 Å². The molecule has 0 radical (unpaired) electrons. The normalized spacial score (nSPS) is 16.3. The fourth-order valence-corrected chi connectivity index (χ4v) is 3.56. The summed E-state index contributed by atoms with van der Waals surface area (Å²) in [4.78, 5) is 5.04. The van der Waals surface area contributed by atoms with Crippen LogP contribution in [0, 0.1) is 13.8 Å². The van der Waals surface area contributed by atoms with E-state index in [-0.39, 0.29) is 0 Å². The molecule has 0 bridgehead atoms. The van der Waals surface area contributed by atoms with E-state index < -0.39 is 0 Å². The van der Waals surface area contributed by atoms with E-state index in [9.17, 15) is 0 Å². The molecule has 1 aromatic heterocycles. The van der Waals surface area contributed by atoms with Crippen molar-refractivity contribution >= 4 is 5.69 Å². The molecular formula is C19H28N4. The highest BCUT2D eigenvalue weighted by atomic mass is 15.3. The van der Waals surface area contributed by atoms with Crippen LogP contribution >= 0.6 is 0 Å². The Labute approximate surface area is 139 Å². The van der Waals surface area contributed by atoms with Crippen molar-refractivity contribution < 1.29 is 0 Å². The highest BCUT2D eigenvalue weighted by Gasteiger charge is 2.23. The van der Waals surface area contributed by atoms with Gasteiger partial charge in [0.15, 0.2) is 0 Å². The summed E-state index contributed by atoms with van der Waals surface area (Å²) in [6, 6.07) is 9.38. The fourth-order valence-electron chi connectivity index (χ4n) is 3.56. The highest BCUT2D eigenvalue weighted by molar-refractivity contribution is 5.53. The Balaban J connectivity index is 1.58. The van der Waals surface area contributed by atoms with Crippen LogP contribution in [0.1, 0.15) is 29.7 Å². The number of anilines is 1. The average Bonchev–Trinajstić information content (AvgIpc) is 2.87. The molecule has 23 heavy (non-hydrogen) atoms. The summed E-state index contributed by atoms with van der Waals surface area (Å²) in [6.07, 6.45) is 4.46. The maximum Gasteiger partial charge on any atom is 0.0537 e. The minimum Gasteiger partial charge on any atom is -0.371 e. The Morgan fingerprint density at radius 3 is 2.48 bits per heavy atom. The molecule has 0 saturated carbocycles. The maximum absolute atomic E-state index is 4.36. The third-order valence-electron chi connectivity index (χ3n) is 5.30. The number of benzene rings is 1. The monoisotopic (exact) mass is 312 g/mol. The quantitative estimate of drug-likeness (QED) is 0.867. The van der Waals surface area contributed by atoms with Crippen molar-refractivity contribution in [1.29, 1.82) is 0 Å². The van der Waals surface area contributed by atoms with Crippen molar-refractivity contribution in [3.8, 4) is 0 Å². The predicted octanol–water partition coefficient (Wildman–Crippen LogP) is 3.14. The molecule has 0 N–H and O–H groups in total. The molecule has 0 atom stereocenters. The van der Waals surface area contributed by atoms with Crippen LogP contribution in [0.5, 0.6) is 0 Å². The van der Waals surface area contributed by atoms with Gasteiger partial charge in [0.25, 0.3) is 0 Å². The second kappa shape index (κ2) is 6.75. The van der Waals surface area contributed by atoms with Crippen LogP contribution in [-0.4, -0.2) is 40.9 Å². The van der Waals surface area contributed by atoms with Gasteiger partial charge in [-0.05, 0) is 45.4 Å². The standard InChI is InChI=1S/C19H28N4/c1-15-7-5-6-8-19(15)23-11-9-18(10-12-23)21(3)14-17-13-20-22(4)16(17)2/h5-8,13,18H,9-12,14H2,1-4H3. The molecule has 0 amide bonds. The molecule has 4 heteroatoms. The van der Waals surface area contributed by atoms with Crippen molar-refractivity contribution in [3.63, 3.8) is 0 Å². The molecule has 1 aliphatic heterocycles. The van der Waals surface area contributed by atoms with Crippen LogP contribution in [0.2, 0.25) is 0 Å². The number of para-hydroxylation sites is 1. The van der Waals surface area contributed by atoms with Crippen LogP contribution < -0.4 is 4.90 Å². The molecule has 4 nitrogen and oxygen atoms in total. The zero-order valence-electron chi connectivity index (χ0n) is 14.8. The molecule has 3 rings (SSSR count). The second-order valence-electron chi connectivity index (χ2n) is 6.80. The molecule has 0 aliphatic carbocycles. The lowest BCUT2D eigenvalue weighted by Crippen LogP contribution is -2.43. The van der Waals surface area contributed by atoms with Crippen LogP contribution in [0.4, 0.5) is 5.69 Å².